The van der Waals surface area contributed by atoms with Crippen LogP contribution in [0.25, 0.3) is 0 Å². The van der Waals surface area contributed by atoms with Gasteiger partial charge in [-0.15, -0.1) is 0 Å². The standard InChI is InChI=1S/C15H18Cl2N2O4S/c1-9-5-7-10(8-6-9)24(21,22)19-11(14(20)23-4)15(2,3)18-13(19)12(16)17/h5-8,11-12H,1-4H3/t11-/m0/s1. The summed E-state index contributed by atoms with van der Waals surface area (Å²) in [5.74, 6) is -0.831. The van der Waals surface area contributed by atoms with Crippen LogP contribution in [0.5, 0.6) is 0 Å². The van der Waals surface area contributed by atoms with Crippen LogP contribution in [0.2, 0.25) is 0 Å². The van der Waals surface area contributed by atoms with E-state index in [2.05, 4.69) is 4.99 Å². The highest BCUT2D eigenvalue weighted by atomic mass is 35.5. The minimum atomic E-state index is -4.09. The maximum Gasteiger partial charge on any atom is 0.332 e. The van der Waals surface area contributed by atoms with Crippen molar-refractivity contribution in [3.63, 3.8) is 0 Å². The summed E-state index contributed by atoms with van der Waals surface area (Å²) in [6, 6.07) is 5.05. The van der Waals surface area contributed by atoms with E-state index in [-0.39, 0.29) is 10.7 Å². The lowest BCUT2D eigenvalue weighted by Gasteiger charge is -2.30. The molecule has 24 heavy (non-hydrogen) atoms. The van der Waals surface area contributed by atoms with Crippen LogP contribution < -0.4 is 0 Å². The van der Waals surface area contributed by atoms with Gasteiger partial charge >= 0.3 is 5.97 Å². The van der Waals surface area contributed by atoms with Crippen molar-refractivity contribution in [2.45, 2.75) is 42.1 Å². The molecule has 0 aromatic heterocycles. The molecule has 1 aromatic carbocycles. The molecule has 6 nitrogen and oxygen atoms in total. The number of aliphatic imine (C=N–C) groups is 1. The number of aryl methyl sites for hydroxylation is 1. The van der Waals surface area contributed by atoms with E-state index in [0.717, 1.165) is 9.87 Å². The van der Waals surface area contributed by atoms with E-state index >= 15 is 0 Å². The first kappa shape index (κ1) is 19.0. The fourth-order valence-electron chi connectivity index (χ4n) is 2.55. The van der Waals surface area contributed by atoms with Crippen molar-refractivity contribution < 1.29 is 17.9 Å². The molecule has 0 fully saturated rings. The summed E-state index contributed by atoms with van der Waals surface area (Å²) in [6.45, 7) is 5.08. The van der Waals surface area contributed by atoms with Crippen LogP contribution in [0.4, 0.5) is 0 Å². The molecule has 0 bridgehead atoms. The highest BCUT2D eigenvalue weighted by molar-refractivity contribution is 7.89. The van der Waals surface area contributed by atoms with E-state index in [4.69, 9.17) is 27.9 Å². The molecule has 1 aliphatic rings. The zero-order valence-corrected chi connectivity index (χ0v) is 16.0. The molecule has 0 saturated carbocycles. The van der Waals surface area contributed by atoms with Gasteiger partial charge in [0, 0.05) is 0 Å². The molecule has 0 aliphatic carbocycles. The molecule has 1 atom stereocenters. The maximum absolute atomic E-state index is 13.1. The summed E-state index contributed by atoms with van der Waals surface area (Å²) in [5.41, 5.74) is -0.163. The largest absolute Gasteiger partial charge is 0.467 e. The van der Waals surface area contributed by atoms with Crippen LogP contribution in [-0.4, -0.2) is 48.1 Å². The van der Waals surface area contributed by atoms with E-state index in [0.29, 0.717) is 0 Å². The summed E-state index contributed by atoms with van der Waals surface area (Å²) >= 11 is 11.8. The fourth-order valence-corrected chi connectivity index (χ4v) is 4.70. The number of sulfonamides is 1. The fraction of sp³-hybridized carbons (Fsp3) is 0.467. The van der Waals surface area contributed by atoms with Gasteiger partial charge in [0.05, 0.1) is 17.5 Å². The predicted octanol–water partition coefficient (Wildman–Crippen LogP) is 2.52. The van der Waals surface area contributed by atoms with Gasteiger partial charge in [0.1, 0.15) is 5.84 Å². The van der Waals surface area contributed by atoms with Gasteiger partial charge in [0.15, 0.2) is 10.9 Å². The lowest BCUT2D eigenvalue weighted by atomic mass is 9.97. The predicted molar refractivity (Wildman–Crippen MR) is 93.0 cm³/mol. The number of esters is 1. The molecule has 0 radical (unpaired) electrons. The SMILES string of the molecule is COC(=O)[C@@H]1N(S(=O)(=O)c2ccc(C)cc2)C(C(Cl)Cl)=NC1(C)C. The summed E-state index contributed by atoms with van der Waals surface area (Å²) in [5, 5.41) is 0. The Morgan fingerprint density at radius 2 is 1.83 bits per heavy atom. The number of carbonyl (C=O) groups is 1. The average molecular weight is 393 g/mol. The quantitative estimate of drug-likeness (QED) is 0.582. The number of rotatable bonds is 4. The first-order chi connectivity index (χ1) is 11.0. The molecule has 0 amide bonds. The molecule has 0 spiro atoms. The first-order valence-corrected chi connectivity index (χ1v) is 9.40. The van der Waals surface area contributed by atoms with Crippen LogP contribution >= 0.6 is 23.2 Å². The second-order valence-corrected chi connectivity index (χ2v) is 8.88. The van der Waals surface area contributed by atoms with Gasteiger partial charge < -0.3 is 4.74 Å². The number of ether oxygens (including phenoxy) is 1. The van der Waals surface area contributed by atoms with Gasteiger partial charge in [-0.25, -0.2) is 17.5 Å². The summed E-state index contributed by atoms with van der Waals surface area (Å²) in [7, 11) is -2.91. The highest BCUT2D eigenvalue weighted by Gasteiger charge is 2.53. The van der Waals surface area contributed by atoms with Crippen molar-refractivity contribution in [1.29, 1.82) is 0 Å². The molecule has 1 aromatic rings. The van der Waals surface area contributed by atoms with Gasteiger partial charge in [-0.2, -0.15) is 0 Å². The summed E-state index contributed by atoms with van der Waals surface area (Å²) < 4.78 is 31.8. The van der Waals surface area contributed by atoms with E-state index in [1.807, 2.05) is 6.92 Å². The molecule has 1 heterocycles. The Balaban J connectivity index is 2.63. The van der Waals surface area contributed by atoms with Gasteiger partial charge in [-0.1, -0.05) is 40.9 Å². The van der Waals surface area contributed by atoms with Gasteiger partial charge in [-0.05, 0) is 32.9 Å². The Morgan fingerprint density at radius 1 is 1.29 bits per heavy atom. The smallest absolute Gasteiger partial charge is 0.332 e. The monoisotopic (exact) mass is 392 g/mol. The Hall–Kier alpha value is -1.31. The second kappa shape index (κ2) is 6.54. The summed E-state index contributed by atoms with van der Waals surface area (Å²) in [4.78, 5) is 15.3. The highest BCUT2D eigenvalue weighted by Crippen LogP contribution is 2.36. The van der Waals surface area contributed by atoms with Crippen molar-refractivity contribution >= 4 is 45.0 Å². The normalized spacial score (nSPS) is 20.2. The van der Waals surface area contributed by atoms with Crippen molar-refractivity contribution in [2.24, 2.45) is 4.99 Å². The molecule has 2 rings (SSSR count). The number of hydrogen-bond donors (Lipinski definition) is 0. The van der Waals surface area contributed by atoms with Crippen LogP contribution in [0.3, 0.4) is 0 Å². The third kappa shape index (κ3) is 3.25. The number of methoxy groups -OCH3 is 1. The lowest BCUT2D eigenvalue weighted by Crippen LogP contribution is -2.53. The molecular weight excluding hydrogens is 375 g/mol. The first-order valence-electron chi connectivity index (χ1n) is 7.09. The number of halogens is 2. The van der Waals surface area contributed by atoms with Crippen LogP contribution in [-0.2, 0) is 19.6 Å². The van der Waals surface area contributed by atoms with Gasteiger partial charge in [0.25, 0.3) is 10.0 Å². The third-order valence-corrected chi connectivity index (χ3v) is 5.90. The van der Waals surface area contributed by atoms with Crippen molar-refractivity contribution in [3.8, 4) is 0 Å². The molecular formula is C15H18Cl2N2O4S. The van der Waals surface area contributed by atoms with E-state index in [9.17, 15) is 13.2 Å². The summed E-state index contributed by atoms with van der Waals surface area (Å²) in [6.07, 6.45) is 0. The van der Waals surface area contributed by atoms with E-state index < -0.39 is 32.4 Å². The molecule has 1 aliphatic heterocycles. The molecule has 132 valence electrons. The Labute approximate surface area is 151 Å². The molecule has 9 heteroatoms. The Kier molecular flexibility index (Phi) is 5.18. The number of benzene rings is 1. The zero-order chi connectivity index (χ0) is 18.3. The molecule has 0 saturated heterocycles. The van der Waals surface area contributed by atoms with Crippen LogP contribution in [0.1, 0.15) is 19.4 Å². The maximum atomic E-state index is 13.1. The third-order valence-electron chi connectivity index (χ3n) is 3.73. The van der Waals surface area contributed by atoms with E-state index in [1.165, 1.54) is 19.2 Å². The Bertz CT molecular complexity index is 773. The van der Waals surface area contributed by atoms with Crippen LogP contribution in [0, 0.1) is 6.92 Å². The minimum Gasteiger partial charge on any atom is -0.467 e. The molecule has 0 unspecified atom stereocenters. The number of carbonyl (C=O) groups excluding carboxylic acids is 1. The number of hydrogen-bond acceptors (Lipinski definition) is 5. The number of alkyl halides is 2. The number of amidine groups is 1. The topological polar surface area (TPSA) is 76.0 Å². The zero-order valence-electron chi connectivity index (χ0n) is 13.7. The average Bonchev–Trinajstić information content (AvgIpc) is 2.79. The van der Waals surface area contributed by atoms with Crippen molar-refractivity contribution in [1.82, 2.24) is 4.31 Å². The van der Waals surface area contributed by atoms with Crippen molar-refractivity contribution in [3.05, 3.63) is 29.8 Å². The lowest BCUT2D eigenvalue weighted by molar-refractivity contribution is -0.145. The molecule has 0 N–H and O–H groups in total. The Morgan fingerprint density at radius 3 is 2.29 bits per heavy atom. The van der Waals surface area contributed by atoms with E-state index in [1.54, 1.807) is 26.0 Å². The number of nitrogens with zero attached hydrogens (tertiary/aromatic N) is 2. The van der Waals surface area contributed by atoms with Crippen LogP contribution in [0.15, 0.2) is 34.2 Å². The van der Waals surface area contributed by atoms with Crippen molar-refractivity contribution in [2.75, 3.05) is 7.11 Å². The van der Waals surface area contributed by atoms with Gasteiger partial charge in [0.2, 0.25) is 0 Å². The second-order valence-electron chi connectivity index (χ2n) is 5.96. The minimum absolute atomic E-state index is 0.0152. The van der Waals surface area contributed by atoms with Gasteiger partial charge in [-0.3, -0.25) is 4.99 Å².